The van der Waals surface area contributed by atoms with Gasteiger partial charge in [-0.15, -0.1) is 22.7 Å². The first-order chi connectivity index (χ1) is 54.5. The summed E-state index contributed by atoms with van der Waals surface area (Å²) in [6, 6.07) is 153. The van der Waals surface area contributed by atoms with Gasteiger partial charge in [0.05, 0.1) is 22.7 Å². The summed E-state index contributed by atoms with van der Waals surface area (Å²) in [6.45, 7) is 0. The maximum absolute atomic E-state index is 2.55. The molecule has 2 nitrogen and oxygen atoms in total. The topological polar surface area (TPSA) is 6.48 Å². The molecular formula is C106H68N2S2. The minimum Gasteiger partial charge on any atom is -0.309 e. The van der Waals surface area contributed by atoms with Crippen molar-refractivity contribution in [2.75, 3.05) is 9.80 Å². The monoisotopic (exact) mass is 1430 g/mol. The van der Waals surface area contributed by atoms with Crippen molar-refractivity contribution in [3.8, 4) is 89.0 Å². The molecule has 0 radical (unpaired) electrons. The molecular weight excluding hydrogens is 1370 g/mol. The highest BCUT2D eigenvalue weighted by Crippen LogP contribution is 2.53. The molecule has 0 amide bonds. The number of hydrogen-bond donors (Lipinski definition) is 0. The molecule has 2 heterocycles. The lowest BCUT2D eigenvalue weighted by Crippen LogP contribution is -2.12. The summed E-state index contributed by atoms with van der Waals surface area (Å²) in [5.74, 6) is 0. The van der Waals surface area contributed by atoms with Gasteiger partial charge in [0.25, 0.3) is 0 Å². The van der Waals surface area contributed by atoms with E-state index in [0.717, 1.165) is 95.1 Å². The zero-order valence-electron chi connectivity index (χ0n) is 60.0. The lowest BCUT2D eigenvalue weighted by Gasteiger charge is -2.30. The van der Waals surface area contributed by atoms with Crippen molar-refractivity contribution < 1.29 is 0 Å². The fraction of sp³-hybridized carbons (Fsp3) is 0. The molecule has 4 heteroatoms. The smallest absolute Gasteiger partial charge is 0.0546 e. The van der Waals surface area contributed by atoms with Crippen molar-refractivity contribution >= 4 is 140 Å². The van der Waals surface area contributed by atoms with E-state index in [2.05, 4.69) is 422 Å². The number of fused-ring (bicyclic) bond motifs is 12. The predicted molar refractivity (Wildman–Crippen MR) is 475 cm³/mol. The van der Waals surface area contributed by atoms with E-state index in [1.54, 1.807) is 0 Å². The van der Waals surface area contributed by atoms with Gasteiger partial charge < -0.3 is 9.80 Å². The molecule has 0 unspecified atom stereocenters. The molecule has 110 heavy (non-hydrogen) atoms. The molecule has 0 aliphatic carbocycles. The van der Waals surface area contributed by atoms with E-state index in [9.17, 15) is 0 Å². The van der Waals surface area contributed by atoms with Crippen molar-refractivity contribution in [1.82, 2.24) is 0 Å². The minimum atomic E-state index is 1.06. The quantitative estimate of drug-likeness (QED) is 0.100. The van der Waals surface area contributed by atoms with Crippen molar-refractivity contribution in [3.63, 3.8) is 0 Å². The number of nitrogens with zero attached hydrogens (tertiary/aromatic N) is 2. The van der Waals surface area contributed by atoms with Gasteiger partial charge in [-0.1, -0.05) is 334 Å². The van der Waals surface area contributed by atoms with E-state index in [1.165, 1.54) is 111 Å². The molecule has 0 N–H and O–H groups in total. The lowest BCUT2D eigenvalue weighted by atomic mass is 9.92. The Morgan fingerprint density at radius 2 is 0.482 bits per heavy atom. The largest absolute Gasteiger partial charge is 0.309 e. The van der Waals surface area contributed by atoms with Crippen molar-refractivity contribution in [3.05, 3.63) is 413 Å². The third kappa shape index (κ3) is 11.4. The number of para-hydroxylation sites is 2. The fourth-order valence-electron chi connectivity index (χ4n) is 16.9. The van der Waals surface area contributed by atoms with E-state index in [-0.39, 0.29) is 0 Å². The number of anilines is 6. The highest BCUT2D eigenvalue weighted by molar-refractivity contribution is 7.26. The predicted octanol–water partition coefficient (Wildman–Crippen LogP) is 31.3. The van der Waals surface area contributed by atoms with E-state index in [0.29, 0.717) is 0 Å². The van der Waals surface area contributed by atoms with E-state index in [4.69, 9.17) is 0 Å². The number of benzene rings is 19. The first-order valence-electron chi connectivity index (χ1n) is 37.7. The summed E-state index contributed by atoms with van der Waals surface area (Å²) < 4.78 is 5.13. The summed E-state index contributed by atoms with van der Waals surface area (Å²) in [4.78, 5) is 5.07. The molecule has 2 aromatic heterocycles. The van der Waals surface area contributed by atoms with Crippen LogP contribution in [0.15, 0.2) is 413 Å². The van der Waals surface area contributed by atoms with Gasteiger partial charge in [0, 0.05) is 84.7 Å². The lowest BCUT2D eigenvalue weighted by molar-refractivity contribution is 1.30. The SMILES string of the molecule is c1ccc(-c2ccc(-c3ccc(-c4ccc(N(c5ccccc5-c5cccc6c5sc5ccccc56)c5cc6cc(-c7cccc(-c8cc(-c9ccccc9)cc(N(c9ccccc9-c9cccc%10c9sc9ccccc9%10)c9cc%10ccccc%10c%10ccccc9%10)c8)c7)ccc6c6ccccc56)cc4)cc3)cc2)cc1. The Bertz CT molecular complexity index is 7140. The van der Waals surface area contributed by atoms with Crippen LogP contribution in [-0.4, -0.2) is 0 Å². The molecule has 0 bridgehead atoms. The van der Waals surface area contributed by atoms with Gasteiger partial charge in [-0.25, -0.2) is 0 Å². The van der Waals surface area contributed by atoms with Gasteiger partial charge in [-0.3, -0.25) is 0 Å². The van der Waals surface area contributed by atoms with Crippen LogP contribution in [0.25, 0.3) is 172 Å². The molecule has 0 atom stereocenters. The van der Waals surface area contributed by atoms with Gasteiger partial charge in [-0.05, 0) is 178 Å². The number of rotatable bonds is 14. The Balaban J connectivity index is 0.712. The summed E-state index contributed by atoms with van der Waals surface area (Å²) in [5, 5.41) is 14.6. The van der Waals surface area contributed by atoms with Crippen LogP contribution < -0.4 is 9.80 Å². The molecule has 21 aromatic rings. The highest BCUT2D eigenvalue weighted by Gasteiger charge is 2.26. The van der Waals surface area contributed by atoms with Crippen molar-refractivity contribution in [2.24, 2.45) is 0 Å². The molecule has 0 fully saturated rings. The van der Waals surface area contributed by atoms with Crippen LogP contribution in [0, 0.1) is 0 Å². The minimum absolute atomic E-state index is 1.06. The van der Waals surface area contributed by atoms with Crippen molar-refractivity contribution in [1.29, 1.82) is 0 Å². The van der Waals surface area contributed by atoms with Gasteiger partial charge in [-0.2, -0.15) is 0 Å². The maximum atomic E-state index is 2.55. The maximum Gasteiger partial charge on any atom is 0.0546 e. The Labute approximate surface area is 646 Å². The summed E-state index contributed by atoms with van der Waals surface area (Å²) in [5.41, 5.74) is 25.2. The summed E-state index contributed by atoms with van der Waals surface area (Å²) >= 11 is 3.75. The average Bonchev–Trinajstić information content (AvgIpc) is 0.848. The van der Waals surface area contributed by atoms with Gasteiger partial charge in [0.2, 0.25) is 0 Å². The summed E-state index contributed by atoms with van der Waals surface area (Å²) in [7, 11) is 0. The van der Waals surface area contributed by atoms with Crippen molar-refractivity contribution in [2.45, 2.75) is 0 Å². The second kappa shape index (κ2) is 27.2. The normalized spacial score (nSPS) is 11.6. The fourth-order valence-corrected chi connectivity index (χ4v) is 19.4. The van der Waals surface area contributed by atoms with Crippen LogP contribution in [0.5, 0.6) is 0 Å². The second-order valence-corrected chi connectivity index (χ2v) is 30.7. The van der Waals surface area contributed by atoms with Crippen LogP contribution in [0.3, 0.4) is 0 Å². The molecule has 0 aliphatic rings. The molecule has 0 saturated carbocycles. The van der Waals surface area contributed by atoms with Crippen LogP contribution in [0.1, 0.15) is 0 Å². The average molecular weight is 1430 g/mol. The highest BCUT2D eigenvalue weighted by atomic mass is 32.1. The standard InChI is InChI=1S/C106H68N2S2/c1-3-24-69(25-4-1)71-48-50-72(51-49-71)73-52-54-74(55-53-73)75-56-59-83(60-57-75)107(99-44-17-13-36-91(99)95-40-22-42-97-93-38-15-19-46-103(93)109-105(95)97)102-68-82-63-78(58-61-86(82)88-33-10-12-35-90(88)102)76-29-21-30-77(62-76)81-64-80(70-26-5-2-6-27-70)65-84(66-81)108(101-67-79-28-7-8-31-85(79)87-32-9-11-34-89(87)101)100-45-18-14-37-92(100)96-41-23-43-98-94-39-16-20-47-104(94)110-106(96)98/h1-68H. The van der Waals surface area contributed by atoms with E-state index >= 15 is 0 Å². The molecule has 0 spiro atoms. The third-order valence-corrected chi connectivity index (χ3v) is 24.7. The first kappa shape index (κ1) is 64.6. The third-order valence-electron chi connectivity index (χ3n) is 22.2. The second-order valence-electron chi connectivity index (χ2n) is 28.6. The molecule has 19 aromatic carbocycles. The molecule has 0 saturated heterocycles. The number of thiophene rings is 2. The zero-order valence-corrected chi connectivity index (χ0v) is 61.6. The van der Waals surface area contributed by atoms with Crippen LogP contribution in [-0.2, 0) is 0 Å². The zero-order chi connectivity index (χ0) is 72.6. The van der Waals surface area contributed by atoms with Gasteiger partial charge in [0.1, 0.15) is 0 Å². The molecule has 514 valence electrons. The Kier molecular flexibility index (Phi) is 16.0. The number of hydrogen-bond acceptors (Lipinski definition) is 4. The molecule has 0 aliphatic heterocycles. The van der Waals surface area contributed by atoms with Crippen LogP contribution in [0.2, 0.25) is 0 Å². The van der Waals surface area contributed by atoms with Gasteiger partial charge in [0.15, 0.2) is 0 Å². The molecule has 21 rings (SSSR count). The first-order valence-corrected chi connectivity index (χ1v) is 39.3. The van der Waals surface area contributed by atoms with E-state index in [1.807, 2.05) is 22.7 Å². The van der Waals surface area contributed by atoms with Crippen LogP contribution >= 0.6 is 22.7 Å². The Hall–Kier alpha value is -13.7. The van der Waals surface area contributed by atoms with Crippen LogP contribution in [0.4, 0.5) is 34.1 Å². The Morgan fingerprint density at radius 1 is 0.155 bits per heavy atom. The summed E-state index contributed by atoms with van der Waals surface area (Å²) in [6.07, 6.45) is 0. The van der Waals surface area contributed by atoms with E-state index < -0.39 is 0 Å². The van der Waals surface area contributed by atoms with Gasteiger partial charge >= 0.3 is 0 Å². The Morgan fingerprint density at radius 3 is 1.02 bits per heavy atom.